The van der Waals surface area contributed by atoms with Gasteiger partial charge in [0.15, 0.2) is 0 Å². The lowest BCUT2D eigenvalue weighted by molar-refractivity contribution is 0.202. The first-order valence-electron chi connectivity index (χ1n) is 6.55. The van der Waals surface area contributed by atoms with E-state index >= 15 is 0 Å². The van der Waals surface area contributed by atoms with Crippen molar-refractivity contribution in [3.05, 3.63) is 35.2 Å². The number of rotatable bonds is 2. The summed E-state index contributed by atoms with van der Waals surface area (Å²) >= 11 is 6.01. The molecule has 18 heavy (non-hydrogen) atoms. The van der Waals surface area contributed by atoms with Crippen molar-refractivity contribution in [1.29, 1.82) is 0 Å². The van der Waals surface area contributed by atoms with Crippen molar-refractivity contribution >= 4 is 17.2 Å². The van der Waals surface area contributed by atoms with Crippen molar-refractivity contribution in [3.63, 3.8) is 0 Å². The number of hydrogen-bond donors (Lipinski definition) is 0. The molecule has 2 aromatic heterocycles. The highest BCUT2D eigenvalue weighted by Crippen LogP contribution is 2.33. The molecule has 1 unspecified atom stereocenters. The van der Waals surface area contributed by atoms with Gasteiger partial charge in [-0.2, -0.15) is 0 Å². The first-order chi connectivity index (χ1) is 8.65. The van der Waals surface area contributed by atoms with Crippen LogP contribution in [0.3, 0.4) is 0 Å². The summed E-state index contributed by atoms with van der Waals surface area (Å²) in [5.74, 6) is 0. The first kappa shape index (κ1) is 12.0. The Hall–Kier alpha value is -1.06. The lowest BCUT2D eigenvalue weighted by Gasteiger charge is -2.26. The summed E-state index contributed by atoms with van der Waals surface area (Å²) in [6, 6.07) is 4.90. The van der Waals surface area contributed by atoms with Gasteiger partial charge in [-0.05, 0) is 45.4 Å². The third-order valence-corrected chi connectivity index (χ3v) is 3.96. The minimum absolute atomic E-state index is 0.462. The quantitative estimate of drug-likeness (QED) is 0.826. The summed E-state index contributed by atoms with van der Waals surface area (Å²) in [6.45, 7) is 5.69. The molecule has 0 amide bonds. The lowest BCUT2D eigenvalue weighted by atomic mass is 10.1. The number of hydrogen-bond acceptors (Lipinski definition) is 2. The number of halogens is 1. The van der Waals surface area contributed by atoms with Crippen LogP contribution >= 0.6 is 11.6 Å². The van der Waals surface area contributed by atoms with Gasteiger partial charge in [-0.25, -0.2) is 4.98 Å². The molecule has 1 fully saturated rings. The van der Waals surface area contributed by atoms with Gasteiger partial charge in [0, 0.05) is 18.4 Å². The molecule has 1 saturated heterocycles. The van der Waals surface area contributed by atoms with E-state index in [9.17, 15) is 0 Å². The molecular formula is C14H18ClN3. The van der Waals surface area contributed by atoms with Crippen LogP contribution in [0.25, 0.3) is 5.65 Å². The Morgan fingerprint density at radius 2 is 2.17 bits per heavy atom. The molecule has 0 saturated carbocycles. The van der Waals surface area contributed by atoms with Gasteiger partial charge in [0.05, 0.1) is 16.8 Å². The molecule has 1 aliphatic rings. The molecule has 1 aliphatic heterocycles. The van der Waals surface area contributed by atoms with Crippen LogP contribution in [-0.4, -0.2) is 26.9 Å². The number of pyridine rings is 1. The second-order valence-electron chi connectivity index (χ2n) is 5.27. The highest BCUT2D eigenvalue weighted by Gasteiger charge is 2.29. The summed E-state index contributed by atoms with van der Waals surface area (Å²) < 4.78 is 2.02. The van der Waals surface area contributed by atoms with E-state index in [4.69, 9.17) is 16.6 Å². The zero-order valence-electron chi connectivity index (χ0n) is 10.8. The Balaban J connectivity index is 1.98. The van der Waals surface area contributed by atoms with Crippen LogP contribution in [0.5, 0.6) is 0 Å². The maximum Gasteiger partial charge on any atom is 0.137 e. The Morgan fingerprint density at radius 1 is 1.33 bits per heavy atom. The molecule has 3 heterocycles. The van der Waals surface area contributed by atoms with Gasteiger partial charge in [-0.15, -0.1) is 0 Å². The van der Waals surface area contributed by atoms with Crippen molar-refractivity contribution in [3.8, 4) is 0 Å². The van der Waals surface area contributed by atoms with E-state index in [1.807, 2.05) is 22.7 Å². The molecule has 0 radical (unpaired) electrons. The van der Waals surface area contributed by atoms with Crippen LogP contribution in [0.1, 0.15) is 38.4 Å². The van der Waals surface area contributed by atoms with Gasteiger partial charge >= 0.3 is 0 Å². The average Bonchev–Trinajstić information content (AvgIpc) is 2.93. The van der Waals surface area contributed by atoms with Crippen LogP contribution in [0.2, 0.25) is 5.02 Å². The largest absolute Gasteiger partial charge is 0.305 e. The van der Waals surface area contributed by atoms with E-state index in [0.29, 0.717) is 12.1 Å². The average molecular weight is 264 g/mol. The van der Waals surface area contributed by atoms with Crippen molar-refractivity contribution < 1.29 is 0 Å². The normalized spacial score (nSPS) is 21.2. The summed E-state index contributed by atoms with van der Waals surface area (Å²) in [7, 11) is 0. The Labute approximate surface area is 112 Å². The highest BCUT2D eigenvalue weighted by molar-refractivity contribution is 6.30. The van der Waals surface area contributed by atoms with Gasteiger partial charge in [-0.3, -0.25) is 4.90 Å². The second-order valence-corrected chi connectivity index (χ2v) is 5.70. The number of nitrogens with zero attached hydrogens (tertiary/aromatic N) is 3. The van der Waals surface area contributed by atoms with Crippen LogP contribution in [0.15, 0.2) is 24.5 Å². The monoisotopic (exact) mass is 263 g/mol. The van der Waals surface area contributed by atoms with Crippen LogP contribution in [0, 0.1) is 0 Å². The molecule has 4 heteroatoms. The fourth-order valence-electron chi connectivity index (χ4n) is 2.87. The fraction of sp³-hybridized carbons (Fsp3) is 0.500. The predicted molar refractivity (Wildman–Crippen MR) is 74.0 cm³/mol. The third-order valence-electron chi connectivity index (χ3n) is 3.73. The Morgan fingerprint density at radius 3 is 2.94 bits per heavy atom. The minimum Gasteiger partial charge on any atom is -0.305 e. The zero-order valence-corrected chi connectivity index (χ0v) is 11.6. The standard InChI is InChI=1S/C14H18ClN3/c1-10(2)18-7-3-4-13(18)12-9-17-8-11(15)5-6-14(17)16-12/h5-6,8-10,13H,3-4,7H2,1-2H3. The van der Waals surface area contributed by atoms with Gasteiger partial charge in [0.2, 0.25) is 0 Å². The van der Waals surface area contributed by atoms with Crippen molar-refractivity contribution in [2.45, 2.75) is 38.8 Å². The summed E-state index contributed by atoms with van der Waals surface area (Å²) in [4.78, 5) is 7.26. The fourth-order valence-corrected chi connectivity index (χ4v) is 3.04. The van der Waals surface area contributed by atoms with E-state index in [1.165, 1.54) is 25.1 Å². The third kappa shape index (κ3) is 2.02. The second kappa shape index (κ2) is 4.56. The smallest absolute Gasteiger partial charge is 0.137 e. The van der Waals surface area contributed by atoms with Gasteiger partial charge in [0.25, 0.3) is 0 Å². The minimum atomic E-state index is 0.462. The molecule has 0 aliphatic carbocycles. The van der Waals surface area contributed by atoms with Crippen molar-refractivity contribution in [2.75, 3.05) is 6.54 Å². The molecular weight excluding hydrogens is 246 g/mol. The van der Waals surface area contributed by atoms with E-state index in [-0.39, 0.29) is 0 Å². The molecule has 3 rings (SSSR count). The zero-order chi connectivity index (χ0) is 12.7. The molecule has 2 aromatic rings. The van der Waals surface area contributed by atoms with Gasteiger partial charge in [0.1, 0.15) is 5.65 Å². The molecule has 0 aromatic carbocycles. The molecule has 1 atom stereocenters. The van der Waals surface area contributed by atoms with Crippen LogP contribution in [-0.2, 0) is 0 Å². The predicted octanol–water partition coefficient (Wildman–Crippen LogP) is 3.53. The summed E-state index contributed by atoms with van der Waals surface area (Å²) in [6.07, 6.45) is 6.50. The Kier molecular flexibility index (Phi) is 3.04. The van der Waals surface area contributed by atoms with Gasteiger partial charge in [-0.1, -0.05) is 11.6 Å². The van der Waals surface area contributed by atoms with Crippen LogP contribution in [0.4, 0.5) is 0 Å². The van der Waals surface area contributed by atoms with Crippen molar-refractivity contribution in [1.82, 2.24) is 14.3 Å². The SMILES string of the molecule is CC(C)N1CCCC1c1cn2cc(Cl)ccc2n1. The molecule has 0 spiro atoms. The Bertz CT molecular complexity index is 561. The van der Waals surface area contributed by atoms with E-state index in [2.05, 4.69) is 24.9 Å². The lowest BCUT2D eigenvalue weighted by Crippen LogP contribution is -2.30. The molecule has 96 valence electrons. The first-order valence-corrected chi connectivity index (χ1v) is 6.93. The summed E-state index contributed by atoms with van der Waals surface area (Å²) in [5, 5.41) is 0.749. The van der Waals surface area contributed by atoms with Gasteiger partial charge < -0.3 is 4.40 Å². The number of likely N-dealkylation sites (tertiary alicyclic amines) is 1. The number of fused-ring (bicyclic) bond motifs is 1. The van der Waals surface area contributed by atoms with E-state index < -0.39 is 0 Å². The number of aromatic nitrogens is 2. The van der Waals surface area contributed by atoms with E-state index in [1.54, 1.807) is 0 Å². The number of imidazole rings is 1. The highest BCUT2D eigenvalue weighted by atomic mass is 35.5. The topological polar surface area (TPSA) is 20.5 Å². The van der Waals surface area contributed by atoms with Crippen molar-refractivity contribution in [2.24, 2.45) is 0 Å². The molecule has 3 nitrogen and oxygen atoms in total. The summed E-state index contributed by atoms with van der Waals surface area (Å²) in [5.41, 5.74) is 2.15. The molecule has 0 N–H and O–H groups in total. The molecule has 0 bridgehead atoms. The van der Waals surface area contributed by atoms with Crippen LogP contribution < -0.4 is 0 Å². The maximum atomic E-state index is 6.01. The maximum absolute atomic E-state index is 6.01. The van der Waals surface area contributed by atoms with E-state index in [0.717, 1.165) is 10.7 Å².